The van der Waals surface area contributed by atoms with Crippen molar-refractivity contribution in [1.29, 1.82) is 0 Å². The van der Waals surface area contributed by atoms with Crippen molar-refractivity contribution in [1.82, 2.24) is 20.4 Å². The number of anilines is 1. The maximum absolute atomic E-state index is 13.4. The van der Waals surface area contributed by atoms with Crippen molar-refractivity contribution in [2.45, 2.75) is 58.0 Å². The molecule has 9 heteroatoms. The topological polar surface area (TPSA) is 125 Å². The van der Waals surface area contributed by atoms with E-state index in [1.165, 1.54) is 6.20 Å². The zero-order chi connectivity index (χ0) is 23.5. The lowest BCUT2D eigenvalue weighted by Crippen LogP contribution is -2.56. The maximum atomic E-state index is 13.4. The highest BCUT2D eigenvalue weighted by molar-refractivity contribution is 6.03. The molecule has 2 aromatic rings. The lowest BCUT2D eigenvalue weighted by Gasteiger charge is -2.34. The second-order valence-electron chi connectivity index (χ2n) is 8.65. The Morgan fingerprint density at radius 1 is 1.22 bits per heavy atom. The Labute approximate surface area is 187 Å². The van der Waals surface area contributed by atoms with Gasteiger partial charge in [0.05, 0.1) is 11.7 Å². The molecule has 0 saturated carbocycles. The second-order valence-corrected chi connectivity index (χ2v) is 8.65. The minimum Gasteiger partial charge on any atom is -0.480 e. The van der Waals surface area contributed by atoms with Gasteiger partial charge in [0, 0.05) is 6.54 Å². The van der Waals surface area contributed by atoms with Crippen LogP contribution >= 0.6 is 0 Å². The standard InChI is InChI=1S/C23H31N5O4/c1-5-15-7-9-16(10-8-15)23(6-2,21(32)25-14-18(29)30)27-20(31)17-13-26-28-19(17)24-12-11-22(28,3)4/h7-10,13,24H,5-6,11-12,14H2,1-4H3,(H,25,32)(H,27,31)(H,29,30). The minimum atomic E-state index is -1.43. The Balaban J connectivity index is 2.00. The van der Waals surface area contributed by atoms with Gasteiger partial charge in [-0.1, -0.05) is 38.1 Å². The third kappa shape index (κ3) is 4.32. The maximum Gasteiger partial charge on any atom is 0.322 e. The predicted octanol–water partition coefficient (Wildman–Crippen LogP) is 2.23. The first-order chi connectivity index (χ1) is 15.1. The highest BCUT2D eigenvalue weighted by Crippen LogP contribution is 2.32. The van der Waals surface area contributed by atoms with Crippen LogP contribution in [0.4, 0.5) is 5.82 Å². The number of carboxylic acids is 1. The number of fused-ring (bicyclic) bond motifs is 1. The van der Waals surface area contributed by atoms with Crippen LogP contribution in [0.15, 0.2) is 30.5 Å². The molecule has 9 nitrogen and oxygen atoms in total. The minimum absolute atomic E-state index is 0.234. The number of hydrogen-bond donors (Lipinski definition) is 4. The summed E-state index contributed by atoms with van der Waals surface area (Å²) in [6.45, 7) is 8.08. The number of nitrogens with zero attached hydrogens (tertiary/aromatic N) is 2. The average molecular weight is 442 g/mol. The van der Waals surface area contributed by atoms with E-state index >= 15 is 0 Å². The van der Waals surface area contributed by atoms with Crippen LogP contribution in [0.1, 0.15) is 62.0 Å². The van der Waals surface area contributed by atoms with Crippen LogP contribution < -0.4 is 16.0 Å². The molecule has 0 saturated heterocycles. The van der Waals surface area contributed by atoms with E-state index in [4.69, 9.17) is 5.11 Å². The van der Waals surface area contributed by atoms with Gasteiger partial charge in [0.15, 0.2) is 0 Å². The fourth-order valence-electron chi connectivity index (χ4n) is 4.04. The summed E-state index contributed by atoms with van der Waals surface area (Å²) >= 11 is 0. The van der Waals surface area contributed by atoms with Crippen LogP contribution in [0.2, 0.25) is 0 Å². The van der Waals surface area contributed by atoms with Crippen molar-refractivity contribution in [3.05, 3.63) is 47.2 Å². The molecule has 0 bridgehead atoms. The molecular formula is C23H31N5O4. The molecule has 1 aromatic heterocycles. The zero-order valence-electron chi connectivity index (χ0n) is 19.0. The molecular weight excluding hydrogens is 410 g/mol. The van der Waals surface area contributed by atoms with Gasteiger partial charge < -0.3 is 21.1 Å². The quantitative estimate of drug-likeness (QED) is 0.498. The third-order valence-corrected chi connectivity index (χ3v) is 6.12. The SMILES string of the molecule is CCc1ccc(C(CC)(NC(=O)c2cnn3c2NCCC3(C)C)C(=O)NCC(=O)O)cc1. The molecule has 0 radical (unpaired) electrons. The zero-order valence-corrected chi connectivity index (χ0v) is 19.0. The van der Waals surface area contributed by atoms with E-state index in [0.717, 1.165) is 18.4 Å². The van der Waals surface area contributed by atoms with Crippen molar-refractivity contribution in [3.63, 3.8) is 0 Å². The predicted molar refractivity (Wildman–Crippen MR) is 121 cm³/mol. The number of amides is 2. The highest BCUT2D eigenvalue weighted by Gasteiger charge is 2.42. The first-order valence-corrected chi connectivity index (χ1v) is 10.9. The average Bonchev–Trinajstić information content (AvgIpc) is 3.21. The fraction of sp³-hybridized carbons (Fsp3) is 0.478. The van der Waals surface area contributed by atoms with Gasteiger partial charge in [-0.2, -0.15) is 5.10 Å². The molecule has 1 aliphatic heterocycles. The van der Waals surface area contributed by atoms with Gasteiger partial charge in [0.1, 0.15) is 23.5 Å². The van der Waals surface area contributed by atoms with Crippen molar-refractivity contribution in [3.8, 4) is 0 Å². The summed E-state index contributed by atoms with van der Waals surface area (Å²) in [5.74, 6) is -1.58. The number of aryl methyl sites for hydroxylation is 1. The van der Waals surface area contributed by atoms with E-state index in [0.29, 0.717) is 23.5 Å². The van der Waals surface area contributed by atoms with Gasteiger partial charge in [-0.15, -0.1) is 0 Å². The number of aromatic nitrogens is 2. The summed E-state index contributed by atoms with van der Waals surface area (Å²) < 4.78 is 1.79. The fourth-order valence-corrected chi connectivity index (χ4v) is 4.04. The third-order valence-electron chi connectivity index (χ3n) is 6.12. The van der Waals surface area contributed by atoms with Crippen LogP contribution in [-0.2, 0) is 27.1 Å². The summed E-state index contributed by atoms with van der Waals surface area (Å²) in [5.41, 5.74) is 0.343. The highest BCUT2D eigenvalue weighted by atomic mass is 16.4. The molecule has 172 valence electrons. The summed E-state index contributed by atoms with van der Waals surface area (Å²) in [4.78, 5) is 37.7. The normalized spacial score (nSPS) is 16.2. The summed E-state index contributed by atoms with van der Waals surface area (Å²) in [6, 6.07) is 7.42. The van der Waals surface area contributed by atoms with Crippen LogP contribution in [-0.4, -0.2) is 45.8 Å². The molecule has 2 heterocycles. The molecule has 0 aliphatic carbocycles. The van der Waals surface area contributed by atoms with Crippen molar-refractivity contribution in [2.24, 2.45) is 0 Å². The Morgan fingerprint density at radius 2 is 1.91 bits per heavy atom. The molecule has 1 aromatic carbocycles. The van der Waals surface area contributed by atoms with Crippen molar-refractivity contribution < 1.29 is 19.5 Å². The Kier molecular flexibility index (Phi) is 6.57. The van der Waals surface area contributed by atoms with E-state index in [1.54, 1.807) is 23.7 Å². The number of carboxylic acid groups (broad SMARTS) is 1. The molecule has 0 fully saturated rings. The first kappa shape index (κ1) is 23.3. The van der Waals surface area contributed by atoms with E-state index in [2.05, 4.69) is 34.9 Å². The van der Waals surface area contributed by atoms with Crippen LogP contribution in [0.5, 0.6) is 0 Å². The van der Waals surface area contributed by atoms with Gasteiger partial charge in [0.25, 0.3) is 11.8 Å². The smallest absolute Gasteiger partial charge is 0.322 e. The molecule has 32 heavy (non-hydrogen) atoms. The van der Waals surface area contributed by atoms with Crippen molar-refractivity contribution in [2.75, 3.05) is 18.4 Å². The van der Waals surface area contributed by atoms with Gasteiger partial charge >= 0.3 is 5.97 Å². The van der Waals surface area contributed by atoms with Gasteiger partial charge in [-0.25, -0.2) is 4.68 Å². The number of rotatable bonds is 8. The van der Waals surface area contributed by atoms with E-state index in [-0.39, 0.29) is 12.0 Å². The van der Waals surface area contributed by atoms with Crippen LogP contribution in [0, 0.1) is 0 Å². The molecule has 1 aliphatic rings. The lowest BCUT2D eigenvalue weighted by atomic mass is 9.85. The number of aliphatic carboxylic acids is 1. The monoisotopic (exact) mass is 441 g/mol. The van der Waals surface area contributed by atoms with Gasteiger partial charge in [0.2, 0.25) is 0 Å². The summed E-state index contributed by atoms with van der Waals surface area (Å²) in [7, 11) is 0. The molecule has 4 N–H and O–H groups in total. The Morgan fingerprint density at radius 3 is 2.50 bits per heavy atom. The Hall–Kier alpha value is -3.36. The number of nitrogens with one attached hydrogen (secondary N) is 3. The largest absolute Gasteiger partial charge is 0.480 e. The first-order valence-electron chi connectivity index (χ1n) is 10.9. The van der Waals surface area contributed by atoms with E-state index in [1.807, 2.05) is 19.1 Å². The molecule has 0 spiro atoms. The molecule has 1 atom stereocenters. The number of hydrogen-bond acceptors (Lipinski definition) is 5. The summed E-state index contributed by atoms with van der Waals surface area (Å²) in [5, 5.41) is 22.0. The summed E-state index contributed by atoms with van der Waals surface area (Å²) in [6.07, 6.45) is 3.43. The van der Waals surface area contributed by atoms with Crippen molar-refractivity contribution >= 4 is 23.6 Å². The molecule has 2 amide bonds. The number of benzene rings is 1. The van der Waals surface area contributed by atoms with E-state index < -0.39 is 29.9 Å². The number of carbonyl (C=O) groups is 3. The van der Waals surface area contributed by atoms with E-state index in [9.17, 15) is 14.4 Å². The van der Waals surface area contributed by atoms with Gasteiger partial charge in [-0.05, 0) is 44.2 Å². The molecule has 3 rings (SSSR count). The lowest BCUT2D eigenvalue weighted by molar-refractivity contribution is -0.139. The Bertz CT molecular complexity index is 1010. The van der Waals surface area contributed by atoms with Crippen LogP contribution in [0.3, 0.4) is 0 Å². The molecule has 1 unspecified atom stereocenters. The number of carbonyl (C=O) groups excluding carboxylic acids is 2. The van der Waals surface area contributed by atoms with Crippen LogP contribution in [0.25, 0.3) is 0 Å². The second kappa shape index (κ2) is 9.02. The van der Waals surface area contributed by atoms with Gasteiger partial charge in [-0.3, -0.25) is 14.4 Å².